The molecule has 0 aliphatic rings. The van der Waals surface area contributed by atoms with Crippen molar-refractivity contribution in [1.82, 2.24) is 15.1 Å². The lowest BCUT2D eigenvalue weighted by Gasteiger charge is -2.10. The second-order valence-corrected chi connectivity index (χ2v) is 9.96. The van der Waals surface area contributed by atoms with E-state index in [4.69, 9.17) is 5.14 Å². The molecule has 0 radical (unpaired) electrons. The molecule has 2 amide bonds. The summed E-state index contributed by atoms with van der Waals surface area (Å²) in [6.07, 6.45) is -3.70. The van der Waals surface area contributed by atoms with Gasteiger partial charge in [0.05, 0.1) is 22.0 Å². The number of nitrogens with one attached hydrogen (secondary N) is 2. The Morgan fingerprint density at radius 1 is 0.974 bits per heavy atom. The van der Waals surface area contributed by atoms with Crippen LogP contribution in [0.25, 0.3) is 16.9 Å². The summed E-state index contributed by atoms with van der Waals surface area (Å²) in [5.41, 5.74) is 3.43. The monoisotopic (exact) mass is 559 g/mol. The van der Waals surface area contributed by atoms with Crippen molar-refractivity contribution < 1.29 is 31.1 Å². The number of benzene rings is 3. The minimum absolute atomic E-state index is 0.00479. The van der Waals surface area contributed by atoms with Gasteiger partial charge in [-0.25, -0.2) is 23.0 Å². The molecule has 1 aromatic heterocycles. The zero-order chi connectivity index (χ0) is 28.0. The average molecular weight is 560 g/mol. The third-order valence-electron chi connectivity index (χ3n) is 5.48. The number of carbonyl (C=O) groups excluding carboxylic acids is 1. The number of amides is 2. The molecule has 204 valence electrons. The Hall–Kier alpha value is -4.36. The van der Waals surface area contributed by atoms with Crippen molar-refractivity contribution in [1.29, 1.82) is 0 Å². The highest BCUT2D eigenvalue weighted by molar-refractivity contribution is 7.89. The first kappa shape index (κ1) is 27.7. The standard InChI is InChI=1S/C26H24F3N5O4S/c27-26(28,29)38-22-12-8-19(9-13-22)32-25(35)31-16-4-7-20-17-24(18-5-2-1-3-6-18)34(33-20)21-10-14-23(15-11-21)39(30,36)37/h1-3,5-6,8-15,17H,4,7,16H2,(H2,30,36,37)(H2,31,32,35). The van der Waals surface area contributed by atoms with Crippen LogP contribution in [0.5, 0.6) is 5.75 Å². The maximum atomic E-state index is 12.3. The predicted molar refractivity (Wildman–Crippen MR) is 139 cm³/mol. The molecule has 0 spiro atoms. The molecule has 13 heteroatoms. The number of halogens is 3. The fourth-order valence-corrected chi connectivity index (χ4v) is 4.24. The zero-order valence-corrected chi connectivity index (χ0v) is 21.2. The number of primary sulfonamides is 1. The van der Waals surface area contributed by atoms with E-state index in [9.17, 15) is 26.4 Å². The van der Waals surface area contributed by atoms with Gasteiger partial charge >= 0.3 is 12.4 Å². The maximum Gasteiger partial charge on any atom is 0.573 e. The van der Waals surface area contributed by atoms with Crippen molar-refractivity contribution in [2.75, 3.05) is 11.9 Å². The number of nitrogens with two attached hydrogens (primary N) is 1. The Balaban J connectivity index is 1.37. The van der Waals surface area contributed by atoms with Gasteiger partial charge in [0.1, 0.15) is 5.75 Å². The van der Waals surface area contributed by atoms with Crippen molar-refractivity contribution >= 4 is 21.7 Å². The van der Waals surface area contributed by atoms with E-state index < -0.39 is 22.4 Å². The minimum Gasteiger partial charge on any atom is -0.406 e. The molecule has 0 aliphatic carbocycles. The SMILES string of the molecule is NS(=O)(=O)c1ccc(-n2nc(CCCNC(=O)Nc3ccc(OC(F)(F)F)cc3)cc2-c2ccccc2)cc1. The van der Waals surface area contributed by atoms with E-state index in [1.165, 1.54) is 24.3 Å². The largest absolute Gasteiger partial charge is 0.573 e. The van der Waals surface area contributed by atoms with Crippen molar-refractivity contribution in [3.05, 3.63) is 90.6 Å². The third-order valence-corrected chi connectivity index (χ3v) is 6.41. The number of rotatable bonds is 9. The molecule has 0 fully saturated rings. The number of carbonyl (C=O) groups is 1. The van der Waals surface area contributed by atoms with Crippen molar-refractivity contribution in [3.63, 3.8) is 0 Å². The number of nitrogens with zero attached hydrogens (tertiary/aromatic N) is 2. The van der Waals surface area contributed by atoms with E-state index in [0.717, 1.165) is 29.1 Å². The van der Waals surface area contributed by atoms with Gasteiger partial charge in [-0.05, 0) is 67.4 Å². The number of sulfonamides is 1. The summed E-state index contributed by atoms with van der Waals surface area (Å²) in [5, 5.41) is 15.1. The van der Waals surface area contributed by atoms with Crippen molar-refractivity contribution in [3.8, 4) is 22.7 Å². The summed E-state index contributed by atoms with van der Waals surface area (Å²) in [6, 6.07) is 21.9. The van der Waals surface area contributed by atoms with Crippen LogP contribution in [0.15, 0.2) is 89.8 Å². The average Bonchev–Trinajstić information content (AvgIpc) is 3.31. The molecular formula is C26H24F3N5O4S. The van der Waals surface area contributed by atoms with Gasteiger partial charge in [0.25, 0.3) is 0 Å². The molecule has 0 saturated carbocycles. The predicted octanol–water partition coefficient (Wildman–Crippen LogP) is 4.84. The quantitative estimate of drug-likeness (QED) is 0.253. The van der Waals surface area contributed by atoms with Gasteiger partial charge in [0.15, 0.2) is 0 Å². The van der Waals surface area contributed by atoms with E-state index in [1.807, 2.05) is 36.4 Å². The molecule has 4 N–H and O–H groups in total. The third kappa shape index (κ3) is 7.82. The molecule has 0 saturated heterocycles. The first-order valence-electron chi connectivity index (χ1n) is 11.7. The van der Waals surface area contributed by atoms with Gasteiger partial charge < -0.3 is 15.4 Å². The summed E-state index contributed by atoms with van der Waals surface area (Å²) < 4.78 is 65.5. The van der Waals surface area contributed by atoms with Crippen LogP contribution in [0.1, 0.15) is 12.1 Å². The first-order valence-corrected chi connectivity index (χ1v) is 13.2. The minimum atomic E-state index is -4.79. The van der Waals surface area contributed by atoms with Gasteiger partial charge in [-0.1, -0.05) is 30.3 Å². The summed E-state index contributed by atoms with van der Waals surface area (Å²) in [6.45, 7) is 0.317. The molecule has 0 atom stereocenters. The summed E-state index contributed by atoms with van der Waals surface area (Å²) in [5.74, 6) is -0.386. The number of aromatic nitrogens is 2. The summed E-state index contributed by atoms with van der Waals surface area (Å²) in [7, 11) is -3.83. The number of aryl methyl sites for hydroxylation is 1. The van der Waals surface area contributed by atoms with Gasteiger partial charge in [-0.15, -0.1) is 13.2 Å². The van der Waals surface area contributed by atoms with Crippen LogP contribution in [-0.4, -0.2) is 37.1 Å². The van der Waals surface area contributed by atoms with Crippen molar-refractivity contribution in [2.45, 2.75) is 24.1 Å². The second-order valence-electron chi connectivity index (χ2n) is 8.39. The Labute approximate surface area is 222 Å². The van der Waals surface area contributed by atoms with E-state index >= 15 is 0 Å². The topological polar surface area (TPSA) is 128 Å². The number of ether oxygens (including phenoxy) is 1. The summed E-state index contributed by atoms with van der Waals surface area (Å²) >= 11 is 0. The molecule has 0 bridgehead atoms. The van der Waals surface area contributed by atoms with Crippen molar-refractivity contribution in [2.24, 2.45) is 5.14 Å². The highest BCUT2D eigenvalue weighted by Crippen LogP contribution is 2.26. The number of hydrogen-bond donors (Lipinski definition) is 3. The van der Waals surface area contributed by atoms with Crippen LogP contribution < -0.4 is 20.5 Å². The fraction of sp³-hybridized carbons (Fsp3) is 0.154. The smallest absolute Gasteiger partial charge is 0.406 e. The van der Waals surface area contributed by atoms with Crippen LogP contribution in [0.4, 0.5) is 23.7 Å². The highest BCUT2D eigenvalue weighted by atomic mass is 32.2. The first-order chi connectivity index (χ1) is 18.5. The van der Waals surface area contributed by atoms with Crippen LogP contribution in [0.3, 0.4) is 0 Å². The van der Waals surface area contributed by atoms with E-state index in [-0.39, 0.29) is 10.6 Å². The molecule has 1 heterocycles. The van der Waals surface area contributed by atoms with E-state index in [2.05, 4.69) is 20.5 Å². The number of hydrogen-bond acceptors (Lipinski definition) is 5. The molecular weight excluding hydrogens is 535 g/mol. The molecule has 39 heavy (non-hydrogen) atoms. The normalized spacial score (nSPS) is 11.7. The molecule has 4 aromatic rings. The second kappa shape index (κ2) is 11.6. The van der Waals surface area contributed by atoms with Gasteiger partial charge in [0.2, 0.25) is 10.0 Å². The fourth-order valence-electron chi connectivity index (χ4n) is 3.73. The van der Waals surface area contributed by atoms with Crippen LogP contribution in [-0.2, 0) is 16.4 Å². The number of alkyl halides is 3. The van der Waals surface area contributed by atoms with Crippen LogP contribution >= 0.6 is 0 Å². The molecule has 4 rings (SSSR count). The van der Waals surface area contributed by atoms with Gasteiger partial charge in [-0.3, -0.25) is 0 Å². The molecule has 0 aliphatic heterocycles. The van der Waals surface area contributed by atoms with Gasteiger partial charge in [0, 0.05) is 17.8 Å². The van der Waals surface area contributed by atoms with E-state index in [0.29, 0.717) is 30.8 Å². The van der Waals surface area contributed by atoms with E-state index in [1.54, 1.807) is 16.8 Å². The Morgan fingerprint density at radius 2 is 1.64 bits per heavy atom. The highest BCUT2D eigenvalue weighted by Gasteiger charge is 2.31. The lowest BCUT2D eigenvalue weighted by molar-refractivity contribution is -0.274. The maximum absolute atomic E-state index is 12.3. The summed E-state index contributed by atoms with van der Waals surface area (Å²) in [4.78, 5) is 12.2. The lowest BCUT2D eigenvalue weighted by atomic mass is 10.1. The Bertz CT molecular complexity index is 1520. The van der Waals surface area contributed by atoms with Crippen LogP contribution in [0.2, 0.25) is 0 Å². The zero-order valence-electron chi connectivity index (χ0n) is 20.4. The lowest BCUT2D eigenvalue weighted by Crippen LogP contribution is -2.29. The van der Waals surface area contributed by atoms with Gasteiger partial charge in [-0.2, -0.15) is 5.10 Å². The number of anilines is 1. The van der Waals surface area contributed by atoms with Crippen LogP contribution in [0, 0.1) is 0 Å². The molecule has 9 nitrogen and oxygen atoms in total. The number of urea groups is 1. The molecule has 0 unspecified atom stereocenters. The Morgan fingerprint density at radius 3 is 2.26 bits per heavy atom. The molecule has 3 aromatic carbocycles. The Kier molecular flexibility index (Phi) is 8.21.